The van der Waals surface area contributed by atoms with Crippen molar-refractivity contribution in [3.05, 3.63) is 60.4 Å². The lowest BCUT2D eigenvalue weighted by molar-refractivity contribution is 0.111. The molecule has 2 amide bonds. The predicted molar refractivity (Wildman–Crippen MR) is 123 cm³/mol. The van der Waals surface area contributed by atoms with Crippen LogP contribution in [0.5, 0.6) is 5.75 Å². The summed E-state index contributed by atoms with van der Waals surface area (Å²) in [6.45, 7) is 4.38. The first kappa shape index (κ1) is 19.9. The van der Waals surface area contributed by atoms with E-state index in [9.17, 15) is 4.79 Å². The number of amides is 2. The second-order valence-corrected chi connectivity index (χ2v) is 8.79. The van der Waals surface area contributed by atoms with Crippen molar-refractivity contribution < 1.29 is 9.53 Å². The van der Waals surface area contributed by atoms with Gasteiger partial charge in [0, 0.05) is 49.8 Å². The molecule has 1 aliphatic heterocycles. The fourth-order valence-electron chi connectivity index (χ4n) is 4.27. The highest BCUT2D eigenvalue weighted by Crippen LogP contribution is 2.29. The summed E-state index contributed by atoms with van der Waals surface area (Å²) in [5, 5.41) is 5.46. The van der Waals surface area contributed by atoms with Gasteiger partial charge in [-0.25, -0.2) is 4.79 Å². The molecule has 5 heteroatoms. The van der Waals surface area contributed by atoms with Crippen molar-refractivity contribution >= 4 is 16.8 Å². The van der Waals surface area contributed by atoms with Crippen molar-refractivity contribution in [3.63, 3.8) is 0 Å². The number of piperidine rings is 1. The predicted octanol–water partition coefficient (Wildman–Crippen LogP) is 5.17. The van der Waals surface area contributed by atoms with E-state index < -0.39 is 0 Å². The lowest BCUT2D eigenvalue weighted by Gasteiger charge is -2.32. The zero-order valence-electron chi connectivity index (χ0n) is 18.0. The van der Waals surface area contributed by atoms with Crippen LogP contribution in [-0.2, 0) is 0 Å². The van der Waals surface area contributed by atoms with E-state index in [1.807, 2.05) is 30.2 Å². The van der Waals surface area contributed by atoms with Crippen LogP contribution < -0.4 is 10.1 Å². The van der Waals surface area contributed by atoms with Gasteiger partial charge < -0.3 is 15.0 Å². The highest BCUT2D eigenvalue weighted by atomic mass is 16.5. The summed E-state index contributed by atoms with van der Waals surface area (Å²) in [4.78, 5) is 18.5. The summed E-state index contributed by atoms with van der Waals surface area (Å²) in [5.41, 5.74) is 3.42. The fraction of sp³-hybridized carbons (Fsp3) is 0.385. The van der Waals surface area contributed by atoms with E-state index in [0.717, 1.165) is 43.9 Å². The Bertz CT molecular complexity index is 1070. The van der Waals surface area contributed by atoms with Crippen LogP contribution in [0.15, 0.2) is 54.7 Å². The molecule has 1 N–H and O–H groups in total. The Balaban J connectivity index is 1.17. The van der Waals surface area contributed by atoms with Crippen LogP contribution in [0, 0.1) is 12.8 Å². The summed E-state index contributed by atoms with van der Waals surface area (Å²) in [5.74, 6) is 1.60. The summed E-state index contributed by atoms with van der Waals surface area (Å²) in [6, 6.07) is 17.0. The summed E-state index contributed by atoms with van der Waals surface area (Å²) < 4.78 is 6.20. The first-order valence-corrected chi connectivity index (χ1v) is 11.3. The molecule has 2 heterocycles. The molecule has 1 saturated heterocycles. The largest absolute Gasteiger partial charge is 0.490 e. The average molecular weight is 416 g/mol. The van der Waals surface area contributed by atoms with Crippen molar-refractivity contribution in [2.24, 2.45) is 5.92 Å². The SMILES string of the molecule is Cc1nccc2cc(-c3ccc(OC4CCN(C(=O)NCC5CC5)CC4)cc3)ccc12. The number of pyridine rings is 1. The molecule has 1 aliphatic carbocycles. The van der Waals surface area contributed by atoms with E-state index >= 15 is 0 Å². The minimum Gasteiger partial charge on any atom is -0.490 e. The molecule has 0 spiro atoms. The van der Waals surface area contributed by atoms with Crippen LogP contribution in [0.25, 0.3) is 21.9 Å². The maximum absolute atomic E-state index is 12.2. The molecule has 1 saturated carbocycles. The van der Waals surface area contributed by atoms with Crippen LogP contribution in [0.1, 0.15) is 31.4 Å². The minimum absolute atomic E-state index is 0.0797. The third-order valence-corrected chi connectivity index (χ3v) is 6.42. The first-order valence-electron chi connectivity index (χ1n) is 11.3. The number of urea groups is 1. The van der Waals surface area contributed by atoms with Crippen molar-refractivity contribution in [1.29, 1.82) is 0 Å². The number of benzene rings is 2. The van der Waals surface area contributed by atoms with Gasteiger partial charge in [-0.3, -0.25) is 4.98 Å². The van der Waals surface area contributed by atoms with Crippen LogP contribution in [0.4, 0.5) is 4.79 Å². The van der Waals surface area contributed by atoms with Gasteiger partial charge in [0.15, 0.2) is 0 Å². The normalized spacial score (nSPS) is 17.0. The van der Waals surface area contributed by atoms with Gasteiger partial charge in [-0.05, 0) is 66.5 Å². The molecule has 0 bridgehead atoms. The number of nitrogens with one attached hydrogen (secondary N) is 1. The lowest BCUT2D eigenvalue weighted by Crippen LogP contribution is -2.46. The number of nitrogens with zero attached hydrogens (tertiary/aromatic N) is 2. The maximum Gasteiger partial charge on any atom is 0.317 e. The Morgan fingerprint density at radius 3 is 2.52 bits per heavy atom. The van der Waals surface area contributed by atoms with Crippen molar-refractivity contribution in [2.45, 2.75) is 38.7 Å². The summed E-state index contributed by atoms with van der Waals surface area (Å²) in [6.07, 6.45) is 6.28. The molecule has 0 unspecified atom stereocenters. The van der Waals surface area contributed by atoms with E-state index in [-0.39, 0.29) is 12.1 Å². The van der Waals surface area contributed by atoms with Gasteiger partial charge in [0.25, 0.3) is 0 Å². The van der Waals surface area contributed by atoms with Crippen LogP contribution in [0.2, 0.25) is 0 Å². The monoisotopic (exact) mass is 415 g/mol. The van der Waals surface area contributed by atoms with Crippen LogP contribution >= 0.6 is 0 Å². The lowest BCUT2D eigenvalue weighted by atomic mass is 10.0. The number of aromatic nitrogens is 1. The number of hydrogen-bond acceptors (Lipinski definition) is 3. The first-order chi connectivity index (χ1) is 15.2. The standard InChI is InChI=1S/C26H29N3O2/c1-18-25-9-6-21(16-22(25)10-13-27-18)20-4-7-23(8-5-20)31-24-11-14-29(15-12-24)26(30)28-17-19-2-3-19/h4-10,13,16,19,24H,2-3,11-12,14-15,17H2,1H3,(H,28,30). The van der Waals surface area contributed by atoms with Gasteiger partial charge in [-0.15, -0.1) is 0 Å². The Morgan fingerprint density at radius 2 is 1.77 bits per heavy atom. The van der Waals surface area contributed by atoms with E-state index in [4.69, 9.17) is 4.74 Å². The second kappa shape index (κ2) is 8.58. The number of carbonyl (C=O) groups is 1. The molecule has 2 fully saturated rings. The molecular weight excluding hydrogens is 386 g/mol. The quantitative estimate of drug-likeness (QED) is 0.625. The van der Waals surface area contributed by atoms with Crippen molar-refractivity contribution in [2.75, 3.05) is 19.6 Å². The Morgan fingerprint density at radius 1 is 1.03 bits per heavy atom. The number of carbonyl (C=O) groups excluding carboxylic acids is 1. The number of rotatable bonds is 5. The second-order valence-electron chi connectivity index (χ2n) is 8.79. The molecule has 3 aromatic rings. The number of hydrogen-bond donors (Lipinski definition) is 1. The number of fused-ring (bicyclic) bond motifs is 1. The molecular formula is C26H29N3O2. The Labute approximate surface area is 183 Å². The highest BCUT2D eigenvalue weighted by Gasteiger charge is 2.26. The molecule has 5 nitrogen and oxygen atoms in total. The Hall–Kier alpha value is -3.08. The number of aryl methyl sites for hydroxylation is 1. The molecule has 2 aliphatic rings. The van der Waals surface area contributed by atoms with Crippen molar-refractivity contribution in [3.8, 4) is 16.9 Å². The van der Waals surface area contributed by atoms with E-state index in [1.165, 1.54) is 34.7 Å². The van der Waals surface area contributed by atoms with Gasteiger partial charge in [-0.1, -0.05) is 24.3 Å². The third-order valence-electron chi connectivity index (χ3n) is 6.42. The average Bonchev–Trinajstić information content (AvgIpc) is 3.63. The molecule has 2 aromatic carbocycles. The van der Waals surface area contributed by atoms with Crippen molar-refractivity contribution in [1.82, 2.24) is 15.2 Å². The molecule has 0 atom stereocenters. The summed E-state index contributed by atoms with van der Waals surface area (Å²) in [7, 11) is 0. The van der Waals surface area contributed by atoms with Gasteiger partial charge in [0.1, 0.15) is 11.9 Å². The van der Waals surface area contributed by atoms with E-state index in [1.54, 1.807) is 0 Å². The minimum atomic E-state index is 0.0797. The molecule has 1 aromatic heterocycles. The van der Waals surface area contributed by atoms with Gasteiger partial charge >= 0.3 is 6.03 Å². The molecule has 31 heavy (non-hydrogen) atoms. The maximum atomic E-state index is 12.2. The smallest absolute Gasteiger partial charge is 0.317 e. The highest BCUT2D eigenvalue weighted by molar-refractivity contribution is 5.88. The van der Waals surface area contributed by atoms with Gasteiger partial charge in [-0.2, -0.15) is 0 Å². The number of likely N-dealkylation sites (tertiary alicyclic amines) is 1. The zero-order chi connectivity index (χ0) is 21.2. The molecule has 160 valence electrons. The van der Waals surface area contributed by atoms with E-state index in [0.29, 0.717) is 5.92 Å². The molecule has 5 rings (SSSR count). The number of ether oxygens (including phenoxy) is 1. The van der Waals surface area contributed by atoms with E-state index in [2.05, 4.69) is 46.7 Å². The Kier molecular flexibility index (Phi) is 5.49. The third kappa shape index (κ3) is 4.66. The van der Waals surface area contributed by atoms with Gasteiger partial charge in [0.2, 0.25) is 0 Å². The van der Waals surface area contributed by atoms with Crippen LogP contribution in [0.3, 0.4) is 0 Å². The van der Waals surface area contributed by atoms with Gasteiger partial charge in [0.05, 0.1) is 0 Å². The fourth-order valence-corrected chi connectivity index (χ4v) is 4.27. The summed E-state index contributed by atoms with van der Waals surface area (Å²) >= 11 is 0. The van der Waals surface area contributed by atoms with Crippen LogP contribution in [-0.4, -0.2) is 41.7 Å². The zero-order valence-corrected chi connectivity index (χ0v) is 18.0. The molecule has 0 radical (unpaired) electrons. The topological polar surface area (TPSA) is 54.5 Å².